The van der Waals surface area contributed by atoms with E-state index in [1.165, 1.54) is 6.07 Å². The van der Waals surface area contributed by atoms with Gasteiger partial charge in [0.1, 0.15) is 0 Å². The van der Waals surface area contributed by atoms with Gasteiger partial charge in [0.2, 0.25) is 0 Å². The molecule has 0 saturated carbocycles. The third kappa shape index (κ3) is 2.01. The molecule has 1 aliphatic carbocycles. The Hall–Kier alpha value is -0.340. The van der Waals surface area contributed by atoms with Crippen LogP contribution < -0.4 is 0 Å². The Bertz CT molecular complexity index is 553. The second-order valence-electron chi connectivity index (χ2n) is 2.91. The molecule has 1 heterocycles. The van der Waals surface area contributed by atoms with Crippen molar-refractivity contribution < 1.29 is 13.0 Å². The first-order valence-corrected chi connectivity index (χ1v) is 5.62. The second kappa shape index (κ2) is 4.45. The van der Waals surface area contributed by atoms with Crippen LogP contribution in [0.25, 0.3) is 0 Å². The number of fused-ring (bicyclic) bond motifs is 1. The number of Topliss-reactive ketones (excluding diaryl/α,β-unsaturated/α-hetero) is 1. The summed E-state index contributed by atoms with van der Waals surface area (Å²) in [5.74, 6) is -0.0630. The maximum Gasteiger partial charge on any atom is 0.173 e. The number of aryl methyl sites for hydroxylation is 2. The largest absolute Gasteiger partial charge is 0.293 e. The first-order valence-electron chi connectivity index (χ1n) is 7.27. The average Bonchev–Trinajstić information content (AvgIpc) is 2.71. The number of rotatable bonds is 3. The van der Waals surface area contributed by atoms with Gasteiger partial charge in [0, 0.05) is 25.4 Å². The smallest absolute Gasteiger partial charge is 0.173 e. The van der Waals surface area contributed by atoms with Gasteiger partial charge in [-0.25, -0.2) is 0 Å². The third-order valence-electron chi connectivity index (χ3n) is 1.94. The number of carbonyl (C=O) groups excluding carboxylic acids is 1. The summed E-state index contributed by atoms with van der Waals surface area (Å²) in [4.78, 5) is 12.5. The predicted molar refractivity (Wildman–Crippen MR) is 60.6 cm³/mol. The van der Waals surface area contributed by atoms with Gasteiger partial charge in [-0.05, 0) is 37.2 Å². The van der Waals surface area contributed by atoms with Crippen LogP contribution in [0.4, 0.5) is 0 Å². The highest BCUT2D eigenvalue weighted by molar-refractivity contribution is 7.14. The standard InChI is InChI=1S/C11H13ClOS/c12-6-5-9(13)11-7-8-3-1-2-4-10(8)14-11/h7H,1-6H2/i1D2,2D2,3D2. The number of halogens is 1. The van der Waals surface area contributed by atoms with Crippen LogP contribution in [0.2, 0.25) is 0 Å². The van der Waals surface area contributed by atoms with Gasteiger partial charge >= 0.3 is 0 Å². The minimum Gasteiger partial charge on any atom is -0.293 e. The summed E-state index contributed by atoms with van der Waals surface area (Å²) in [5.41, 5.74) is 0.0838. The van der Waals surface area contributed by atoms with Crippen molar-refractivity contribution in [2.24, 2.45) is 0 Å². The van der Waals surface area contributed by atoms with Crippen molar-refractivity contribution in [3.05, 3.63) is 21.4 Å². The fraction of sp³-hybridized carbons (Fsp3) is 0.545. The first kappa shape index (κ1) is 5.13. The van der Waals surface area contributed by atoms with Crippen molar-refractivity contribution in [1.29, 1.82) is 0 Å². The quantitative estimate of drug-likeness (QED) is 0.579. The Balaban J connectivity index is 2.53. The number of hydrogen-bond donors (Lipinski definition) is 0. The summed E-state index contributed by atoms with van der Waals surface area (Å²) < 4.78 is 47.0. The van der Waals surface area contributed by atoms with Gasteiger partial charge in [-0.15, -0.1) is 22.9 Å². The molecule has 3 heteroatoms. The molecule has 1 aromatic heterocycles. The van der Waals surface area contributed by atoms with E-state index in [4.69, 9.17) is 19.8 Å². The zero-order chi connectivity index (χ0) is 15.3. The molecule has 0 saturated heterocycles. The Morgan fingerprint density at radius 2 is 2.50 bits per heavy atom. The number of hydrogen-bond acceptors (Lipinski definition) is 2. The molecule has 0 fully saturated rings. The van der Waals surface area contributed by atoms with Crippen LogP contribution in [-0.4, -0.2) is 11.7 Å². The van der Waals surface area contributed by atoms with E-state index in [-0.39, 0.29) is 30.1 Å². The first-order chi connectivity index (χ1) is 9.04. The number of carbonyl (C=O) groups is 1. The molecular formula is C11H13ClOS. The van der Waals surface area contributed by atoms with Gasteiger partial charge in [-0.3, -0.25) is 4.79 Å². The van der Waals surface area contributed by atoms with Crippen LogP contribution in [0, 0.1) is 0 Å². The minimum atomic E-state index is -2.65. The Morgan fingerprint density at radius 1 is 1.64 bits per heavy atom. The summed E-state index contributed by atoms with van der Waals surface area (Å²) >= 11 is 6.54. The van der Waals surface area contributed by atoms with Gasteiger partial charge in [-0.1, -0.05) is 0 Å². The number of thiophene rings is 1. The summed E-state index contributed by atoms with van der Waals surface area (Å²) in [5, 5.41) is 0. The van der Waals surface area contributed by atoms with Gasteiger partial charge in [0.15, 0.2) is 5.78 Å². The van der Waals surface area contributed by atoms with Crippen molar-refractivity contribution in [3.8, 4) is 0 Å². The average molecular weight is 235 g/mol. The lowest BCUT2D eigenvalue weighted by atomic mass is 9.99. The molecule has 1 nitrogen and oxygen atoms in total. The molecule has 1 aliphatic rings. The van der Waals surface area contributed by atoms with Crippen LogP contribution in [0.5, 0.6) is 0 Å². The minimum absolute atomic E-state index is 0.0838. The van der Waals surface area contributed by atoms with Gasteiger partial charge in [-0.2, -0.15) is 0 Å². The van der Waals surface area contributed by atoms with Gasteiger partial charge < -0.3 is 0 Å². The molecular weight excluding hydrogens is 216 g/mol. The fourth-order valence-corrected chi connectivity index (χ4v) is 2.44. The van der Waals surface area contributed by atoms with Crippen LogP contribution >= 0.6 is 22.9 Å². The molecule has 0 bridgehead atoms. The number of alkyl halides is 1. The molecule has 0 atom stereocenters. The third-order valence-corrected chi connectivity index (χ3v) is 3.30. The molecule has 0 amide bonds. The summed E-state index contributed by atoms with van der Waals surface area (Å²) in [6.45, 7) is 0. The lowest BCUT2D eigenvalue weighted by Crippen LogP contribution is -1.97. The van der Waals surface area contributed by atoms with E-state index in [1.807, 2.05) is 0 Å². The van der Waals surface area contributed by atoms with E-state index in [1.54, 1.807) is 0 Å². The zero-order valence-electron chi connectivity index (χ0n) is 13.4. The van der Waals surface area contributed by atoms with Crippen molar-refractivity contribution in [1.82, 2.24) is 0 Å². The van der Waals surface area contributed by atoms with Crippen molar-refractivity contribution >= 4 is 28.7 Å². The molecule has 0 unspecified atom stereocenters. The lowest BCUT2D eigenvalue weighted by molar-refractivity contribution is 0.0993. The zero-order valence-corrected chi connectivity index (χ0v) is 8.97. The fourth-order valence-electron chi connectivity index (χ4n) is 1.25. The van der Waals surface area contributed by atoms with E-state index in [2.05, 4.69) is 0 Å². The molecule has 0 N–H and O–H groups in total. The van der Waals surface area contributed by atoms with Crippen molar-refractivity contribution in [3.63, 3.8) is 0 Å². The summed E-state index contributed by atoms with van der Waals surface area (Å²) in [6, 6.07) is 1.35. The maximum absolute atomic E-state index is 11.8. The van der Waals surface area contributed by atoms with Gasteiger partial charge in [0.05, 0.1) is 4.88 Å². The van der Waals surface area contributed by atoms with E-state index in [0.717, 1.165) is 11.3 Å². The lowest BCUT2D eigenvalue weighted by Gasteiger charge is -2.08. The molecule has 0 aromatic carbocycles. The van der Waals surface area contributed by atoms with E-state index < -0.39 is 19.1 Å². The highest BCUT2D eigenvalue weighted by Gasteiger charge is 2.16. The monoisotopic (exact) mass is 234 g/mol. The topological polar surface area (TPSA) is 17.1 Å². The van der Waals surface area contributed by atoms with Gasteiger partial charge in [0.25, 0.3) is 0 Å². The molecule has 14 heavy (non-hydrogen) atoms. The Labute approximate surface area is 102 Å². The number of ketones is 1. The van der Waals surface area contributed by atoms with Crippen LogP contribution in [-0.2, 0) is 12.8 Å². The van der Waals surface area contributed by atoms with Crippen LogP contribution in [0.15, 0.2) is 6.07 Å². The van der Waals surface area contributed by atoms with Crippen molar-refractivity contribution in [2.45, 2.75) is 32.0 Å². The second-order valence-corrected chi connectivity index (χ2v) is 4.43. The molecule has 0 radical (unpaired) electrons. The summed E-state index contributed by atoms with van der Waals surface area (Å²) in [6.07, 6.45) is -7.54. The Morgan fingerprint density at radius 3 is 3.29 bits per heavy atom. The maximum atomic E-state index is 11.8. The highest BCUT2D eigenvalue weighted by atomic mass is 35.5. The SMILES string of the molecule is [2H]C1([2H])Cc2sc(C(=O)CCCl)cc2C([2H])([2H])C1([2H])[2H]. The Kier molecular flexibility index (Phi) is 1.63. The normalized spacial score (nSPS) is 32.4. The predicted octanol–water partition coefficient (Wildman–Crippen LogP) is 3.44. The van der Waals surface area contributed by atoms with E-state index in [9.17, 15) is 4.79 Å². The molecule has 2 rings (SSSR count). The molecule has 0 spiro atoms. The molecule has 76 valence electrons. The van der Waals surface area contributed by atoms with Crippen molar-refractivity contribution in [2.75, 3.05) is 5.88 Å². The molecule has 1 aromatic rings. The molecule has 0 aliphatic heterocycles. The van der Waals surface area contributed by atoms with E-state index >= 15 is 0 Å². The van der Waals surface area contributed by atoms with Crippen LogP contribution in [0.1, 0.15) is 47.5 Å². The summed E-state index contributed by atoms with van der Waals surface area (Å²) in [7, 11) is 0. The highest BCUT2D eigenvalue weighted by Crippen LogP contribution is 2.30. The van der Waals surface area contributed by atoms with Crippen LogP contribution in [0.3, 0.4) is 0 Å². The van der Waals surface area contributed by atoms with E-state index in [0.29, 0.717) is 9.75 Å².